The maximum atomic E-state index is 13.6. The lowest BCUT2D eigenvalue weighted by atomic mass is 9.90. The smallest absolute Gasteiger partial charge is 0.416 e. The number of alkyl halides is 6. The van der Waals surface area contributed by atoms with Gasteiger partial charge in [-0.05, 0) is 48.7 Å². The molecular formula is C31H30F6N2O6. The van der Waals surface area contributed by atoms with E-state index in [0.717, 1.165) is 17.6 Å². The molecule has 4 rings (SSSR count). The predicted molar refractivity (Wildman–Crippen MR) is 150 cm³/mol. The van der Waals surface area contributed by atoms with Crippen molar-refractivity contribution in [1.82, 2.24) is 4.90 Å². The highest BCUT2D eigenvalue weighted by Crippen LogP contribution is 2.47. The Bertz CT molecular complexity index is 1500. The number of nitrogens with zero attached hydrogens (tertiary/aromatic N) is 2. The normalized spacial score (nSPS) is 16.4. The molecule has 2 atom stereocenters. The highest BCUT2D eigenvalue weighted by molar-refractivity contribution is 5.91. The van der Waals surface area contributed by atoms with Gasteiger partial charge in [-0.25, -0.2) is 9.59 Å². The van der Waals surface area contributed by atoms with Crippen molar-refractivity contribution < 1.29 is 54.9 Å². The van der Waals surface area contributed by atoms with E-state index in [-0.39, 0.29) is 36.3 Å². The van der Waals surface area contributed by atoms with E-state index in [0.29, 0.717) is 17.7 Å². The van der Waals surface area contributed by atoms with E-state index in [1.165, 1.54) is 31.3 Å². The van der Waals surface area contributed by atoms with Crippen LogP contribution in [0.3, 0.4) is 0 Å². The number of carbonyl (C=O) groups is 2. The third-order valence-electron chi connectivity index (χ3n) is 7.34. The van der Waals surface area contributed by atoms with Gasteiger partial charge < -0.3 is 18.9 Å². The van der Waals surface area contributed by atoms with E-state index < -0.39 is 59.9 Å². The number of anilines is 1. The van der Waals surface area contributed by atoms with E-state index >= 15 is 0 Å². The topological polar surface area (TPSA) is 77.5 Å². The molecule has 0 N–H and O–H groups in total. The van der Waals surface area contributed by atoms with Crippen LogP contribution in [0.25, 0.3) is 0 Å². The Kier molecular flexibility index (Phi) is 9.74. The van der Waals surface area contributed by atoms with Crippen molar-refractivity contribution in [2.75, 3.05) is 26.2 Å². The van der Waals surface area contributed by atoms with Crippen molar-refractivity contribution in [3.8, 4) is 11.5 Å². The van der Waals surface area contributed by atoms with Crippen LogP contribution in [0, 0.1) is 0 Å². The molecule has 0 saturated heterocycles. The van der Waals surface area contributed by atoms with Crippen molar-refractivity contribution >= 4 is 17.9 Å². The fourth-order valence-corrected chi connectivity index (χ4v) is 5.24. The van der Waals surface area contributed by atoms with Crippen LogP contribution in [0.15, 0.2) is 60.7 Å². The lowest BCUT2D eigenvalue weighted by molar-refractivity contribution is -0.143. The van der Waals surface area contributed by atoms with Gasteiger partial charge in [-0.2, -0.15) is 26.3 Å². The quantitative estimate of drug-likeness (QED) is 0.244. The Morgan fingerprint density at radius 2 is 1.42 bits per heavy atom. The summed E-state index contributed by atoms with van der Waals surface area (Å²) in [5, 5.41) is 0. The van der Waals surface area contributed by atoms with Crippen LogP contribution in [-0.2, 0) is 35.0 Å². The molecule has 1 aliphatic heterocycles. The Morgan fingerprint density at radius 1 is 0.844 bits per heavy atom. The number of fused-ring (bicyclic) bond motifs is 1. The monoisotopic (exact) mass is 640 g/mol. The molecule has 0 fully saturated rings. The minimum atomic E-state index is -5.08. The van der Waals surface area contributed by atoms with Crippen LogP contribution in [-0.4, -0.2) is 44.5 Å². The summed E-state index contributed by atoms with van der Waals surface area (Å²) in [6.45, 7) is 0.946. The Balaban J connectivity index is 1.80. The van der Waals surface area contributed by atoms with Gasteiger partial charge in [0.05, 0.1) is 44.2 Å². The molecule has 0 aliphatic carbocycles. The number of hydrogen-bond acceptors (Lipinski definition) is 6. The molecule has 242 valence electrons. The van der Waals surface area contributed by atoms with Gasteiger partial charge in [0, 0.05) is 24.2 Å². The molecule has 0 spiro atoms. The number of ether oxygens (including phenoxy) is 4. The van der Waals surface area contributed by atoms with E-state index in [9.17, 15) is 35.9 Å². The standard InChI is InChI=1S/C31H30F6N2O6/c1-18-10-24(38(28(40)44-4)16-20-11-21(30(32,33)34)13-22(12-20)31(35,36)37)23-14-26(42-2)27(43-3)15-25(23)39(18)29(41)45-17-19-8-6-5-7-9-19/h5-9,11-15,18,24H,10,16-17H2,1-4H3/t18-,24+/m0/s1. The van der Waals surface area contributed by atoms with Crippen molar-refractivity contribution in [2.45, 2.75) is 50.9 Å². The second-order valence-electron chi connectivity index (χ2n) is 10.3. The summed E-state index contributed by atoms with van der Waals surface area (Å²) in [5.74, 6) is 0.430. The second kappa shape index (κ2) is 13.2. The van der Waals surface area contributed by atoms with Crippen molar-refractivity contribution in [2.24, 2.45) is 0 Å². The van der Waals surface area contributed by atoms with Crippen molar-refractivity contribution in [3.63, 3.8) is 0 Å². The van der Waals surface area contributed by atoms with Gasteiger partial charge >= 0.3 is 24.5 Å². The molecule has 3 aromatic rings. The summed E-state index contributed by atoms with van der Waals surface area (Å²) in [6, 6.07) is 11.4. The van der Waals surface area contributed by atoms with Gasteiger partial charge in [0.1, 0.15) is 6.61 Å². The Hall–Kier alpha value is -4.62. The van der Waals surface area contributed by atoms with Crippen LogP contribution in [0.2, 0.25) is 0 Å². The lowest BCUT2D eigenvalue weighted by Crippen LogP contribution is -2.47. The molecule has 45 heavy (non-hydrogen) atoms. The first-order valence-electron chi connectivity index (χ1n) is 13.6. The molecule has 0 radical (unpaired) electrons. The van der Waals surface area contributed by atoms with Gasteiger partial charge in [0.2, 0.25) is 0 Å². The van der Waals surface area contributed by atoms with Crippen LogP contribution in [0.5, 0.6) is 11.5 Å². The van der Waals surface area contributed by atoms with Gasteiger partial charge in [-0.1, -0.05) is 30.3 Å². The largest absolute Gasteiger partial charge is 0.493 e. The zero-order valence-electron chi connectivity index (χ0n) is 24.7. The fraction of sp³-hybridized carbons (Fsp3) is 0.355. The average molecular weight is 641 g/mol. The van der Waals surface area contributed by atoms with Crippen molar-refractivity contribution in [1.29, 1.82) is 0 Å². The average Bonchev–Trinajstić information content (AvgIpc) is 3.00. The van der Waals surface area contributed by atoms with Crippen molar-refractivity contribution in [3.05, 3.63) is 88.5 Å². The van der Waals surface area contributed by atoms with Gasteiger partial charge in [-0.3, -0.25) is 9.80 Å². The fourth-order valence-electron chi connectivity index (χ4n) is 5.24. The molecule has 0 bridgehead atoms. The SMILES string of the molecule is COC(=O)N(Cc1cc(C(F)(F)F)cc(C(F)(F)F)c1)[C@@H]1C[C@H](C)N(C(=O)OCc2ccccc2)c2cc(OC)c(OC)cc21. The number of methoxy groups -OCH3 is 3. The van der Waals surface area contributed by atoms with Gasteiger partial charge in [-0.15, -0.1) is 0 Å². The number of rotatable bonds is 7. The van der Waals surface area contributed by atoms with E-state index in [1.54, 1.807) is 31.2 Å². The predicted octanol–water partition coefficient (Wildman–Crippen LogP) is 7.99. The molecule has 0 saturated carbocycles. The van der Waals surface area contributed by atoms with Crippen LogP contribution < -0.4 is 14.4 Å². The summed E-state index contributed by atoms with van der Waals surface area (Å²) in [5.41, 5.74) is -2.19. The summed E-state index contributed by atoms with van der Waals surface area (Å²) in [6.07, 6.45) is -11.9. The maximum absolute atomic E-state index is 13.6. The number of hydrogen-bond donors (Lipinski definition) is 0. The zero-order valence-corrected chi connectivity index (χ0v) is 24.7. The summed E-state index contributed by atoms with van der Waals surface area (Å²) >= 11 is 0. The van der Waals surface area contributed by atoms with Crippen LogP contribution in [0.4, 0.5) is 41.6 Å². The first-order valence-corrected chi connectivity index (χ1v) is 13.6. The molecule has 14 heteroatoms. The number of carbonyl (C=O) groups excluding carboxylic acids is 2. The Labute approximate surface area is 255 Å². The molecule has 0 unspecified atom stereocenters. The molecule has 2 amide bonds. The lowest BCUT2D eigenvalue weighted by Gasteiger charge is -2.42. The highest BCUT2D eigenvalue weighted by Gasteiger charge is 2.42. The van der Waals surface area contributed by atoms with Crippen LogP contribution >= 0.6 is 0 Å². The first-order chi connectivity index (χ1) is 21.2. The number of amides is 2. The molecular weight excluding hydrogens is 610 g/mol. The highest BCUT2D eigenvalue weighted by atomic mass is 19.4. The maximum Gasteiger partial charge on any atom is 0.416 e. The van der Waals surface area contributed by atoms with Gasteiger partial charge in [0.25, 0.3) is 0 Å². The summed E-state index contributed by atoms with van der Waals surface area (Å²) in [4.78, 5) is 28.9. The zero-order chi connectivity index (χ0) is 33.1. The summed E-state index contributed by atoms with van der Waals surface area (Å²) in [7, 11) is 3.77. The second-order valence-corrected chi connectivity index (χ2v) is 10.3. The molecule has 1 aliphatic rings. The van der Waals surface area contributed by atoms with E-state index in [4.69, 9.17) is 18.9 Å². The number of halogens is 6. The minimum Gasteiger partial charge on any atom is -0.493 e. The minimum absolute atomic E-state index is 0.0139. The van der Waals surface area contributed by atoms with Crippen LogP contribution in [0.1, 0.15) is 47.2 Å². The van der Waals surface area contributed by atoms with Gasteiger partial charge in [0.15, 0.2) is 11.5 Å². The molecule has 1 heterocycles. The van der Waals surface area contributed by atoms with E-state index in [1.807, 2.05) is 6.07 Å². The third kappa shape index (κ3) is 7.37. The Morgan fingerprint density at radius 3 is 1.96 bits per heavy atom. The third-order valence-corrected chi connectivity index (χ3v) is 7.34. The first kappa shape index (κ1) is 33.3. The molecule has 8 nitrogen and oxygen atoms in total. The van der Waals surface area contributed by atoms with E-state index in [2.05, 4.69) is 0 Å². The molecule has 3 aromatic carbocycles. The molecule has 0 aromatic heterocycles. The number of benzene rings is 3. The summed E-state index contributed by atoms with van der Waals surface area (Å²) < 4.78 is 103.